The predicted octanol–water partition coefficient (Wildman–Crippen LogP) is 4.02. The van der Waals surface area contributed by atoms with E-state index in [0.717, 1.165) is 18.4 Å². The normalized spacial score (nSPS) is 36.4. The van der Waals surface area contributed by atoms with Crippen molar-refractivity contribution in [3.63, 3.8) is 0 Å². The molecule has 3 N–H and O–H groups in total. The molecule has 0 saturated carbocycles. The monoisotopic (exact) mass is 536 g/mol. The number of carbonyl (C=O) groups is 2. The number of hydrogen-bond donors (Lipinski definition) is 3. The number of esters is 2. The third kappa shape index (κ3) is 9.95. The van der Waals surface area contributed by atoms with Crippen molar-refractivity contribution in [1.29, 1.82) is 0 Å². The van der Waals surface area contributed by atoms with Gasteiger partial charge in [0, 0.05) is 18.8 Å². The first-order chi connectivity index (χ1) is 17.7. The molecule has 8 nitrogen and oxygen atoms in total. The van der Waals surface area contributed by atoms with Crippen LogP contribution in [0, 0.1) is 17.8 Å². The number of aliphatic hydroxyl groups excluding tert-OH is 2. The lowest BCUT2D eigenvalue weighted by molar-refractivity contribution is -0.157. The smallest absolute Gasteiger partial charge is 0.309 e. The summed E-state index contributed by atoms with van der Waals surface area (Å²) in [7, 11) is 0. The molecule has 8 heteroatoms. The van der Waals surface area contributed by atoms with Crippen LogP contribution < -0.4 is 0 Å². The van der Waals surface area contributed by atoms with E-state index in [-0.39, 0.29) is 55.3 Å². The minimum absolute atomic E-state index is 0.105. The molecule has 0 amide bonds. The molecular weight excluding hydrogens is 488 g/mol. The number of epoxide rings is 1. The molecule has 2 aliphatic heterocycles. The van der Waals surface area contributed by atoms with Gasteiger partial charge in [0.05, 0.1) is 30.8 Å². The standard InChI is InChI=1S/C30H48O8/c1-8-24(33)21(5)29-25(37-29)16-18(2)10-9-11-19(3)28-20(4)12-13-26(36-22(6)31)30(7,35)15-14-23(32)17-27(34)38-28/h9-13,18,20-21,23-26,28-29,32-33,35H,8,14-17H2,1-7H3/b10-9+,13-12+,19-11+. The van der Waals surface area contributed by atoms with Crippen LogP contribution in [0.3, 0.4) is 0 Å². The first-order valence-corrected chi connectivity index (χ1v) is 13.9. The van der Waals surface area contributed by atoms with Crippen LogP contribution in [0.25, 0.3) is 0 Å². The molecule has 2 rings (SSSR count). The topological polar surface area (TPSA) is 126 Å². The van der Waals surface area contributed by atoms with Gasteiger partial charge in [-0.3, -0.25) is 9.59 Å². The van der Waals surface area contributed by atoms with Crippen molar-refractivity contribution in [2.45, 2.75) is 123 Å². The molecule has 0 aromatic carbocycles. The van der Waals surface area contributed by atoms with Crippen LogP contribution >= 0.6 is 0 Å². The fraction of sp³-hybridized carbons (Fsp3) is 0.733. The lowest BCUT2D eigenvalue weighted by atomic mass is 9.88. The lowest BCUT2D eigenvalue weighted by Gasteiger charge is -2.32. The van der Waals surface area contributed by atoms with Crippen molar-refractivity contribution in [3.05, 3.63) is 36.0 Å². The van der Waals surface area contributed by atoms with Crippen LogP contribution in [0.4, 0.5) is 0 Å². The molecule has 10 atom stereocenters. The van der Waals surface area contributed by atoms with Gasteiger partial charge in [0.25, 0.3) is 0 Å². The molecule has 1 fully saturated rings. The highest BCUT2D eigenvalue weighted by Gasteiger charge is 2.45. The van der Waals surface area contributed by atoms with Gasteiger partial charge in [-0.25, -0.2) is 0 Å². The van der Waals surface area contributed by atoms with Crippen LogP contribution in [-0.4, -0.2) is 69.5 Å². The van der Waals surface area contributed by atoms with E-state index in [0.29, 0.717) is 0 Å². The maximum atomic E-state index is 12.6. The summed E-state index contributed by atoms with van der Waals surface area (Å²) in [5, 5.41) is 31.3. The summed E-state index contributed by atoms with van der Waals surface area (Å²) in [5.74, 6) is -0.921. The van der Waals surface area contributed by atoms with Crippen molar-refractivity contribution in [1.82, 2.24) is 0 Å². The van der Waals surface area contributed by atoms with E-state index in [9.17, 15) is 24.9 Å². The maximum absolute atomic E-state index is 12.6. The summed E-state index contributed by atoms with van der Waals surface area (Å²) in [6, 6.07) is 0. The summed E-state index contributed by atoms with van der Waals surface area (Å²) < 4.78 is 16.9. The van der Waals surface area contributed by atoms with E-state index >= 15 is 0 Å². The Kier molecular flexibility index (Phi) is 12.2. The molecule has 0 bridgehead atoms. The number of hydrogen-bond acceptors (Lipinski definition) is 8. The van der Waals surface area contributed by atoms with E-state index in [4.69, 9.17) is 14.2 Å². The fourth-order valence-corrected chi connectivity index (χ4v) is 4.97. The van der Waals surface area contributed by atoms with Gasteiger partial charge in [0.1, 0.15) is 17.8 Å². The van der Waals surface area contributed by atoms with Gasteiger partial charge < -0.3 is 29.5 Å². The second-order valence-electron chi connectivity index (χ2n) is 11.4. The highest BCUT2D eigenvalue weighted by molar-refractivity contribution is 5.70. The van der Waals surface area contributed by atoms with Gasteiger partial charge in [0.15, 0.2) is 0 Å². The molecule has 10 unspecified atom stereocenters. The van der Waals surface area contributed by atoms with Gasteiger partial charge in [-0.2, -0.15) is 0 Å². The highest BCUT2D eigenvalue weighted by Crippen LogP contribution is 2.36. The second-order valence-corrected chi connectivity index (χ2v) is 11.4. The Morgan fingerprint density at radius 2 is 1.97 bits per heavy atom. The van der Waals surface area contributed by atoms with Crippen LogP contribution in [0.1, 0.15) is 80.6 Å². The molecule has 2 aliphatic rings. The fourth-order valence-electron chi connectivity index (χ4n) is 4.97. The van der Waals surface area contributed by atoms with Crippen molar-refractivity contribution in [2.75, 3.05) is 0 Å². The number of rotatable bonds is 9. The summed E-state index contributed by atoms with van der Waals surface area (Å²) in [6.45, 7) is 12.7. The van der Waals surface area contributed by atoms with E-state index in [1.807, 2.05) is 39.8 Å². The number of allylic oxidation sites excluding steroid dienone is 3. The van der Waals surface area contributed by atoms with E-state index in [1.165, 1.54) is 6.92 Å². The average Bonchev–Trinajstić information content (AvgIpc) is 3.60. The van der Waals surface area contributed by atoms with Crippen LogP contribution in [0.15, 0.2) is 36.0 Å². The van der Waals surface area contributed by atoms with Crippen molar-refractivity contribution in [2.24, 2.45) is 17.8 Å². The molecule has 0 spiro atoms. The Morgan fingerprint density at radius 1 is 1.29 bits per heavy atom. The molecule has 2 heterocycles. The summed E-state index contributed by atoms with van der Waals surface area (Å²) in [5.41, 5.74) is -0.580. The average molecular weight is 537 g/mol. The SMILES string of the molecule is CCC(O)C(C)C1OC1CC(C)/C=C/C=C(\C)C1OC(=O)CC(O)CCC(C)(O)C(OC(C)=O)/C=C/C1C. The molecular formula is C30H48O8. The van der Waals surface area contributed by atoms with Crippen molar-refractivity contribution < 1.29 is 39.1 Å². The van der Waals surface area contributed by atoms with Crippen LogP contribution in [0.2, 0.25) is 0 Å². The van der Waals surface area contributed by atoms with Crippen LogP contribution in [0.5, 0.6) is 0 Å². The van der Waals surface area contributed by atoms with Crippen molar-refractivity contribution >= 4 is 11.9 Å². The Labute approximate surface area is 227 Å². The minimum Gasteiger partial charge on any atom is -0.457 e. The van der Waals surface area contributed by atoms with Gasteiger partial charge in [-0.1, -0.05) is 52.0 Å². The van der Waals surface area contributed by atoms with Crippen molar-refractivity contribution in [3.8, 4) is 0 Å². The summed E-state index contributed by atoms with van der Waals surface area (Å²) in [6.07, 6.45) is 8.50. The molecule has 1 saturated heterocycles. The van der Waals surface area contributed by atoms with E-state index in [2.05, 4.69) is 13.0 Å². The second kappa shape index (κ2) is 14.4. The number of carbonyl (C=O) groups excluding carboxylic acids is 2. The third-order valence-electron chi connectivity index (χ3n) is 7.63. The zero-order valence-corrected chi connectivity index (χ0v) is 24.0. The molecule has 0 aliphatic carbocycles. The molecule has 0 radical (unpaired) electrons. The lowest BCUT2D eigenvalue weighted by Crippen LogP contribution is -2.42. The third-order valence-corrected chi connectivity index (χ3v) is 7.63. The van der Waals surface area contributed by atoms with E-state index in [1.54, 1.807) is 19.1 Å². The Morgan fingerprint density at radius 3 is 2.61 bits per heavy atom. The largest absolute Gasteiger partial charge is 0.457 e. The number of ether oxygens (including phenoxy) is 3. The van der Waals surface area contributed by atoms with Gasteiger partial charge in [0.2, 0.25) is 0 Å². The number of cyclic esters (lactones) is 1. The molecule has 0 aromatic rings. The summed E-state index contributed by atoms with van der Waals surface area (Å²) in [4.78, 5) is 24.2. The molecule has 0 aromatic heterocycles. The first-order valence-electron chi connectivity index (χ1n) is 13.9. The molecule has 216 valence electrons. The predicted molar refractivity (Wildman–Crippen MR) is 145 cm³/mol. The van der Waals surface area contributed by atoms with Gasteiger partial charge in [-0.15, -0.1) is 0 Å². The van der Waals surface area contributed by atoms with E-state index < -0.39 is 35.9 Å². The quantitative estimate of drug-likeness (QED) is 0.175. The highest BCUT2D eigenvalue weighted by atomic mass is 16.6. The maximum Gasteiger partial charge on any atom is 0.309 e. The Hall–Kier alpha value is -2.00. The Bertz CT molecular complexity index is 875. The first kappa shape index (κ1) is 32.2. The number of aliphatic hydroxyl groups is 3. The molecule has 38 heavy (non-hydrogen) atoms. The Balaban J connectivity index is 2.12. The summed E-state index contributed by atoms with van der Waals surface area (Å²) >= 11 is 0. The zero-order valence-electron chi connectivity index (χ0n) is 24.0. The van der Waals surface area contributed by atoms with Gasteiger partial charge >= 0.3 is 11.9 Å². The minimum atomic E-state index is -1.40. The van der Waals surface area contributed by atoms with Gasteiger partial charge in [-0.05, 0) is 57.1 Å². The zero-order chi connectivity index (χ0) is 28.6. The van der Waals surface area contributed by atoms with Crippen LogP contribution in [-0.2, 0) is 23.8 Å².